The molecule has 0 bridgehead atoms. The first-order valence-electron chi connectivity index (χ1n) is 12.3. The molecule has 1 N–H and O–H groups in total. The molecule has 5 rings (SSSR count). The Morgan fingerprint density at radius 1 is 1.14 bits per heavy atom. The number of fused-ring (bicyclic) bond motifs is 1. The summed E-state index contributed by atoms with van der Waals surface area (Å²) < 4.78 is 7.16. The lowest BCUT2D eigenvalue weighted by Gasteiger charge is -2.26. The smallest absolute Gasteiger partial charge is 0.449 e. The Hall–Kier alpha value is -3.52. The van der Waals surface area contributed by atoms with Crippen LogP contribution >= 0.6 is 11.6 Å². The van der Waals surface area contributed by atoms with Crippen LogP contribution in [0.3, 0.4) is 0 Å². The molecule has 1 saturated carbocycles. The minimum Gasteiger partial charge on any atom is -0.449 e. The van der Waals surface area contributed by atoms with Crippen molar-refractivity contribution in [2.24, 2.45) is 11.8 Å². The van der Waals surface area contributed by atoms with Crippen LogP contribution in [0.5, 0.6) is 6.01 Å². The van der Waals surface area contributed by atoms with Crippen molar-refractivity contribution in [1.29, 1.82) is 0 Å². The molecular weight excluding hydrogens is 478 g/mol. The fraction of sp³-hybridized carbons (Fsp3) is 0.370. The van der Waals surface area contributed by atoms with E-state index in [4.69, 9.17) is 16.3 Å². The third kappa shape index (κ3) is 5.49. The summed E-state index contributed by atoms with van der Waals surface area (Å²) in [6.45, 7) is 3.17. The van der Waals surface area contributed by atoms with E-state index in [1.807, 2.05) is 18.3 Å². The highest BCUT2D eigenvalue weighted by Gasteiger charge is 2.24. The summed E-state index contributed by atoms with van der Waals surface area (Å²) in [4.78, 5) is 28.9. The highest BCUT2D eigenvalue weighted by atomic mass is 35.5. The third-order valence-corrected chi connectivity index (χ3v) is 7.13. The second kappa shape index (κ2) is 10.6. The van der Waals surface area contributed by atoms with Gasteiger partial charge in [-0.25, -0.2) is 4.79 Å². The van der Waals surface area contributed by atoms with Gasteiger partial charge in [0.2, 0.25) is 0 Å². The zero-order chi connectivity index (χ0) is 25.1. The fourth-order valence-electron chi connectivity index (χ4n) is 5.05. The zero-order valence-corrected chi connectivity index (χ0v) is 20.9. The lowest BCUT2D eigenvalue weighted by Crippen LogP contribution is -2.17. The molecular formula is C27H28ClN5O3. The number of aromatic nitrogens is 5. The molecule has 1 aliphatic rings. The number of carbonyl (C=O) groups is 1. The number of pyridine rings is 2. The number of rotatable bonds is 7. The molecule has 0 saturated heterocycles. The normalized spacial score (nSPS) is 17.8. The van der Waals surface area contributed by atoms with E-state index in [-0.39, 0.29) is 6.01 Å². The van der Waals surface area contributed by atoms with Crippen LogP contribution in [0.1, 0.15) is 43.7 Å². The van der Waals surface area contributed by atoms with Gasteiger partial charge in [0.15, 0.2) is 0 Å². The number of halogens is 1. The van der Waals surface area contributed by atoms with Gasteiger partial charge in [0.1, 0.15) is 5.69 Å². The maximum Gasteiger partial charge on any atom is 0.513 e. The van der Waals surface area contributed by atoms with E-state index >= 15 is 0 Å². The summed E-state index contributed by atoms with van der Waals surface area (Å²) >= 11 is 6.26. The van der Waals surface area contributed by atoms with E-state index in [1.165, 1.54) is 25.7 Å². The molecule has 4 aromatic rings. The molecule has 0 aromatic carbocycles. The van der Waals surface area contributed by atoms with Crippen LogP contribution in [0.4, 0.5) is 4.79 Å². The first kappa shape index (κ1) is 24.2. The molecule has 0 unspecified atom stereocenters. The van der Waals surface area contributed by atoms with E-state index in [1.54, 1.807) is 24.7 Å². The molecule has 0 spiro atoms. The molecule has 186 valence electrons. The van der Waals surface area contributed by atoms with E-state index in [9.17, 15) is 9.90 Å². The summed E-state index contributed by atoms with van der Waals surface area (Å²) in [6.07, 6.45) is 13.8. The molecule has 4 aromatic heterocycles. The fourth-order valence-corrected chi connectivity index (χ4v) is 5.23. The standard InChI is InChI=1S/C27H28ClN5O3/c1-17-4-6-19(7-5-17)15-33-16-20(9-8-18-3-2-10-29-12-18)23-25(33)24(21-11-22(28)14-30-13-21)32-26(31-23)36-27(34)35/h2-3,10-14,16-17,19H,4-9,15H2,1H3,(H,34,35)/t17-,19-. The Balaban J connectivity index is 1.63. The molecule has 8 nitrogen and oxygen atoms in total. The third-order valence-electron chi connectivity index (χ3n) is 6.92. The predicted octanol–water partition coefficient (Wildman–Crippen LogP) is 6.21. The summed E-state index contributed by atoms with van der Waals surface area (Å²) in [5.41, 5.74) is 4.89. The quantitative estimate of drug-likeness (QED) is 0.298. The minimum absolute atomic E-state index is 0.211. The van der Waals surface area contributed by atoms with Gasteiger partial charge in [0.05, 0.1) is 16.1 Å². The molecule has 1 fully saturated rings. The SMILES string of the molecule is C[C@H]1CC[C@H](Cn2cc(CCc3cccnc3)c3nc(OC(=O)O)nc(-c4cncc(Cl)c4)c32)CC1. The Kier molecular flexibility index (Phi) is 7.13. The summed E-state index contributed by atoms with van der Waals surface area (Å²) in [7, 11) is 0. The second-order valence-corrected chi connectivity index (χ2v) is 10.0. The topological polar surface area (TPSA) is 103 Å². The van der Waals surface area contributed by atoms with Gasteiger partial charge in [-0.3, -0.25) is 9.97 Å². The van der Waals surface area contributed by atoms with Crippen molar-refractivity contribution in [3.8, 4) is 17.3 Å². The molecule has 9 heteroatoms. The van der Waals surface area contributed by atoms with E-state index in [2.05, 4.69) is 37.6 Å². The van der Waals surface area contributed by atoms with Crippen molar-refractivity contribution in [3.63, 3.8) is 0 Å². The van der Waals surface area contributed by atoms with Crippen molar-refractivity contribution in [2.75, 3.05) is 0 Å². The van der Waals surface area contributed by atoms with Crippen molar-refractivity contribution in [1.82, 2.24) is 24.5 Å². The summed E-state index contributed by atoms with van der Waals surface area (Å²) in [5, 5.41) is 9.73. The molecule has 0 amide bonds. The zero-order valence-electron chi connectivity index (χ0n) is 20.1. The second-order valence-electron chi connectivity index (χ2n) is 9.61. The predicted molar refractivity (Wildman–Crippen MR) is 137 cm³/mol. The van der Waals surface area contributed by atoms with Gasteiger partial charge in [0.25, 0.3) is 0 Å². The van der Waals surface area contributed by atoms with Crippen LogP contribution in [0.25, 0.3) is 22.3 Å². The van der Waals surface area contributed by atoms with Crippen LogP contribution in [-0.2, 0) is 19.4 Å². The lowest BCUT2D eigenvalue weighted by molar-refractivity contribution is 0.140. The number of carboxylic acid groups (broad SMARTS) is 1. The first-order valence-corrected chi connectivity index (χ1v) is 12.6. The van der Waals surface area contributed by atoms with E-state index < -0.39 is 6.16 Å². The molecule has 4 heterocycles. The van der Waals surface area contributed by atoms with Gasteiger partial charge >= 0.3 is 12.2 Å². The number of aryl methyl sites for hydroxylation is 2. The van der Waals surface area contributed by atoms with Crippen LogP contribution in [-0.4, -0.2) is 35.8 Å². The van der Waals surface area contributed by atoms with Crippen LogP contribution in [0.2, 0.25) is 5.02 Å². The summed E-state index contributed by atoms with van der Waals surface area (Å²) in [5.74, 6) is 1.33. The van der Waals surface area contributed by atoms with E-state index in [0.717, 1.165) is 35.5 Å². The Morgan fingerprint density at radius 2 is 1.97 bits per heavy atom. The van der Waals surface area contributed by atoms with Crippen molar-refractivity contribution in [3.05, 3.63) is 65.3 Å². The van der Waals surface area contributed by atoms with Crippen molar-refractivity contribution >= 4 is 28.8 Å². The van der Waals surface area contributed by atoms with Gasteiger partial charge in [-0.2, -0.15) is 9.97 Å². The number of hydrogen-bond acceptors (Lipinski definition) is 6. The largest absolute Gasteiger partial charge is 0.513 e. The maximum atomic E-state index is 11.3. The summed E-state index contributed by atoms with van der Waals surface area (Å²) in [6, 6.07) is 5.53. The number of ether oxygens (including phenoxy) is 1. The Bertz CT molecular complexity index is 1370. The monoisotopic (exact) mass is 505 g/mol. The van der Waals surface area contributed by atoms with Crippen molar-refractivity contribution < 1.29 is 14.6 Å². The molecule has 0 aliphatic heterocycles. The Morgan fingerprint density at radius 3 is 2.69 bits per heavy atom. The lowest BCUT2D eigenvalue weighted by atomic mass is 9.83. The molecule has 0 radical (unpaired) electrons. The van der Waals surface area contributed by atoms with Crippen LogP contribution in [0.15, 0.2) is 49.2 Å². The average molecular weight is 506 g/mol. The highest BCUT2D eigenvalue weighted by molar-refractivity contribution is 6.30. The Labute approximate surface area is 214 Å². The van der Waals surface area contributed by atoms with Gasteiger partial charge in [0, 0.05) is 43.1 Å². The average Bonchev–Trinajstić information content (AvgIpc) is 3.21. The number of hydrogen-bond donors (Lipinski definition) is 1. The van der Waals surface area contributed by atoms with Crippen LogP contribution in [0, 0.1) is 11.8 Å². The van der Waals surface area contributed by atoms with Gasteiger partial charge in [-0.05, 0) is 60.8 Å². The van der Waals surface area contributed by atoms with Gasteiger partial charge in [-0.15, -0.1) is 0 Å². The maximum absolute atomic E-state index is 11.3. The van der Waals surface area contributed by atoms with Crippen molar-refractivity contribution in [2.45, 2.75) is 52.0 Å². The van der Waals surface area contributed by atoms with E-state index in [0.29, 0.717) is 34.1 Å². The number of nitrogens with zero attached hydrogens (tertiary/aromatic N) is 5. The van der Waals surface area contributed by atoms with Gasteiger partial charge in [-0.1, -0.05) is 37.4 Å². The molecule has 1 aliphatic carbocycles. The molecule has 0 atom stereocenters. The van der Waals surface area contributed by atoms with Crippen LogP contribution < -0.4 is 4.74 Å². The first-order chi connectivity index (χ1) is 17.5. The van der Waals surface area contributed by atoms with Gasteiger partial charge < -0.3 is 14.4 Å². The minimum atomic E-state index is -1.46. The highest BCUT2D eigenvalue weighted by Crippen LogP contribution is 2.35. The molecule has 36 heavy (non-hydrogen) atoms.